The van der Waals surface area contributed by atoms with E-state index in [0.29, 0.717) is 11.4 Å². The van der Waals surface area contributed by atoms with Gasteiger partial charge >= 0.3 is 0 Å². The molecule has 0 aliphatic rings. The highest BCUT2D eigenvalue weighted by molar-refractivity contribution is 7.80. The van der Waals surface area contributed by atoms with Gasteiger partial charge < -0.3 is 5.32 Å². The SMILES string of the molecule is CC(C)N[C@@H](C)S. The maximum atomic E-state index is 4.13. The molecule has 2 heteroatoms. The summed E-state index contributed by atoms with van der Waals surface area (Å²) in [6.07, 6.45) is 0. The van der Waals surface area contributed by atoms with Gasteiger partial charge in [-0.2, -0.15) is 12.6 Å². The number of thiol groups is 1. The van der Waals surface area contributed by atoms with Gasteiger partial charge in [0.05, 0.1) is 0 Å². The lowest BCUT2D eigenvalue weighted by atomic mass is 10.4. The third kappa shape index (κ3) is 6.31. The Morgan fingerprint density at radius 3 is 1.71 bits per heavy atom. The lowest BCUT2D eigenvalue weighted by Crippen LogP contribution is -2.27. The van der Waals surface area contributed by atoms with Gasteiger partial charge in [-0.3, -0.25) is 0 Å². The molecule has 0 aliphatic carbocycles. The van der Waals surface area contributed by atoms with E-state index in [1.54, 1.807) is 0 Å². The van der Waals surface area contributed by atoms with Crippen LogP contribution in [-0.4, -0.2) is 11.4 Å². The molecule has 0 saturated carbocycles. The molecular weight excluding hydrogens is 106 g/mol. The zero-order valence-electron chi connectivity index (χ0n) is 5.10. The highest BCUT2D eigenvalue weighted by Gasteiger charge is 1.93. The van der Waals surface area contributed by atoms with Crippen LogP contribution < -0.4 is 5.32 Å². The van der Waals surface area contributed by atoms with E-state index in [9.17, 15) is 0 Å². The van der Waals surface area contributed by atoms with Gasteiger partial charge in [-0.15, -0.1) is 0 Å². The molecule has 0 bridgehead atoms. The third-order valence-corrected chi connectivity index (χ3v) is 0.724. The minimum atomic E-state index is 0.319. The molecule has 0 saturated heterocycles. The third-order valence-electron chi connectivity index (χ3n) is 0.575. The topological polar surface area (TPSA) is 12.0 Å². The van der Waals surface area contributed by atoms with Gasteiger partial charge in [-0.25, -0.2) is 0 Å². The second-order valence-corrected chi connectivity index (χ2v) is 2.77. The van der Waals surface area contributed by atoms with Crippen molar-refractivity contribution in [1.29, 1.82) is 0 Å². The summed E-state index contributed by atoms with van der Waals surface area (Å²) in [5.74, 6) is 0. The lowest BCUT2D eigenvalue weighted by Gasteiger charge is -2.09. The second kappa shape index (κ2) is 3.33. The first-order chi connectivity index (χ1) is 3.13. The van der Waals surface area contributed by atoms with Crippen molar-refractivity contribution >= 4 is 12.6 Å². The predicted molar refractivity (Wildman–Crippen MR) is 36.7 cm³/mol. The van der Waals surface area contributed by atoms with E-state index in [1.807, 2.05) is 6.92 Å². The fourth-order valence-electron chi connectivity index (χ4n) is 0.482. The Labute approximate surface area is 50.9 Å². The molecule has 0 aliphatic heterocycles. The molecule has 0 radical (unpaired) electrons. The highest BCUT2D eigenvalue weighted by atomic mass is 32.1. The molecule has 44 valence electrons. The zero-order valence-corrected chi connectivity index (χ0v) is 6.00. The van der Waals surface area contributed by atoms with Crippen LogP contribution in [0.2, 0.25) is 0 Å². The van der Waals surface area contributed by atoms with Crippen molar-refractivity contribution in [3.63, 3.8) is 0 Å². The number of nitrogens with one attached hydrogen (secondary N) is 1. The molecule has 1 N–H and O–H groups in total. The molecule has 0 aromatic carbocycles. The molecule has 0 spiro atoms. The maximum Gasteiger partial charge on any atom is 0.0475 e. The van der Waals surface area contributed by atoms with Crippen molar-refractivity contribution in [3.8, 4) is 0 Å². The van der Waals surface area contributed by atoms with E-state index in [-0.39, 0.29) is 0 Å². The standard InChI is InChI=1S/C5H13NS/c1-4(2)6-5(3)7/h4-7H,1-3H3/t5-/m1/s1. The molecule has 1 atom stereocenters. The van der Waals surface area contributed by atoms with E-state index in [4.69, 9.17) is 0 Å². The number of hydrogen-bond donors (Lipinski definition) is 2. The average molecular weight is 119 g/mol. The van der Waals surface area contributed by atoms with E-state index >= 15 is 0 Å². The van der Waals surface area contributed by atoms with Crippen molar-refractivity contribution in [3.05, 3.63) is 0 Å². The summed E-state index contributed by atoms with van der Waals surface area (Å²) in [7, 11) is 0. The highest BCUT2D eigenvalue weighted by Crippen LogP contribution is 1.87. The first kappa shape index (κ1) is 7.31. The van der Waals surface area contributed by atoms with Gasteiger partial charge in [0.15, 0.2) is 0 Å². The smallest absolute Gasteiger partial charge is 0.0475 e. The van der Waals surface area contributed by atoms with Crippen LogP contribution in [0.4, 0.5) is 0 Å². The van der Waals surface area contributed by atoms with Gasteiger partial charge in [0.2, 0.25) is 0 Å². The monoisotopic (exact) mass is 119 g/mol. The predicted octanol–water partition coefficient (Wildman–Crippen LogP) is 1.26. The van der Waals surface area contributed by atoms with Gasteiger partial charge in [0.25, 0.3) is 0 Å². The van der Waals surface area contributed by atoms with Crippen LogP contribution >= 0.6 is 12.6 Å². The minimum absolute atomic E-state index is 0.319. The zero-order chi connectivity index (χ0) is 5.86. The van der Waals surface area contributed by atoms with Crippen molar-refractivity contribution in [1.82, 2.24) is 5.32 Å². The average Bonchev–Trinajstić information content (AvgIpc) is 1.27. The van der Waals surface area contributed by atoms with Crippen LogP contribution in [0.15, 0.2) is 0 Å². The normalized spacial score (nSPS) is 15.0. The van der Waals surface area contributed by atoms with Gasteiger partial charge in [0, 0.05) is 11.4 Å². The lowest BCUT2D eigenvalue weighted by molar-refractivity contribution is 0.589. The molecule has 7 heavy (non-hydrogen) atoms. The summed E-state index contributed by atoms with van der Waals surface area (Å²) in [4.78, 5) is 0. The van der Waals surface area contributed by atoms with Crippen molar-refractivity contribution < 1.29 is 0 Å². The van der Waals surface area contributed by atoms with Crippen LogP contribution in [0, 0.1) is 0 Å². The molecule has 0 rings (SSSR count). The molecule has 0 heterocycles. The molecule has 0 aromatic heterocycles. The summed E-state index contributed by atoms with van der Waals surface area (Å²) < 4.78 is 0. The van der Waals surface area contributed by atoms with Crippen molar-refractivity contribution in [2.24, 2.45) is 0 Å². The molecule has 0 fully saturated rings. The summed E-state index contributed by atoms with van der Waals surface area (Å²) >= 11 is 4.13. The molecule has 1 nitrogen and oxygen atoms in total. The Balaban J connectivity index is 2.95. The van der Waals surface area contributed by atoms with E-state index in [1.165, 1.54) is 0 Å². The van der Waals surface area contributed by atoms with Crippen molar-refractivity contribution in [2.75, 3.05) is 0 Å². The second-order valence-electron chi connectivity index (χ2n) is 2.00. The summed E-state index contributed by atoms with van der Waals surface area (Å²) in [6.45, 7) is 6.22. The van der Waals surface area contributed by atoms with Crippen LogP contribution in [0.25, 0.3) is 0 Å². The molecular formula is C5H13NS. The van der Waals surface area contributed by atoms with Crippen LogP contribution in [0.1, 0.15) is 20.8 Å². The summed E-state index contributed by atoms with van der Waals surface area (Å²) in [5, 5.41) is 3.49. The quantitative estimate of drug-likeness (QED) is 0.412. The van der Waals surface area contributed by atoms with E-state index in [0.717, 1.165) is 0 Å². The number of hydrogen-bond acceptors (Lipinski definition) is 2. The van der Waals surface area contributed by atoms with E-state index < -0.39 is 0 Å². The Kier molecular flexibility index (Phi) is 3.48. The fourth-order valence-corrected chi connectivity index (χ4v) is 0.781. The molecule has 0 unspecified atom stereocenters. The van der Waals surface area contributed by atoms with Crippen LogP contribution in [0.3, 0.4) is 0 Å². The Hall–Kier alpha value is 0.310. The summed E-state index contributed by atoms with van der Waals surface area (Å²) in [6, 6.07) is 0.549. The Bertz CT molecular complexity index is 37.3. The molecule has 0 amide bonds. The summed E-state index contributed by atoms with van der Waals surface area (Å²) in [5.41, 5.74) is 0. The van der Waals surface area contributed by atoms with Gasteiger partial charge in [-0.1, -0.05) is 0 Å². The fraction of sp³-hybridized carbons (Fsp3) is 1.00. The number of rotatable bonds is 2. The Morgan fingerprint density at radius 1 is 1.29 bits per heavy atom. The minimum Gasteiger partial charge on any atom is -0.304 e. The maximum absolute atomic E-state index is 4.13. The van der Waals surface area contributed by atoms with Crippen LogP contribution in [-0.2, 0) is 0 Å². The van der Waals surface area contributed by atoms with Gasteiger partial charge in [-0.05, 0) is 20.8 Å². The van der Waals surface area contributed by atoms with E-state index in [2.05, 4.69) is 31.8 Å². The Morgan fingerprint density at radius 2 is 1.71 bits per heavy atom. The first-order valence-corrected chi connectivity index (χ1v) is 3.08. The van der Waals surface area contributed by atoms with Gasteiger partial charge in [0.1, 0.15) is 0 Å². The molecule has 0 aromatic rings. The largest absolute Gasteiger partial charge is 0.304 e. The van der Waals surface area contributed by atoms with Crippen molar-refractivity contribution in [2.45, 2.75) is 32.2 Å². The van der Waals surface area contributed by atoms with Crippen LogP contribution in [0.5, 0.6) is 0 Å². The first-order valence-electron chi connectivity index (χ1n) is 2.57.